The average Bonchev–Trinajstić information content (AvgIpc) is 2.59. The number of aryl methyl sites for hydroxylation is 2. The first kappa shape index (κ1) is 15.6. The molecule has 0 saturated carbocycles. The number of hydrogen-bond acceptors (Lipinski definition) is 2. The van der Waals surface area contributed by atoms with Crippen molar-refractivity contribution in [3.63, 3.8) is 0 Å². The molecule has 2 aromatic rings. The maximum Gasteiger partial charge on any atom is 0.220 e. The minimum absolute atomic E-state index is 0.115. The number of carbonyl (C=O) groups is 1. The Labute approximate surface area is 137 Å². The second-order valence-electron chi connectivity index (χ2n) is 6.28. The van der Waals surface area contributed by atoms with Gasteiger partial charge in [-0.2, -0.15) is 0 Å². The molecular formula is C20H23NO2. The summed E-state index contributed by atoms with van der Waals surface area (Å²) >= 11 is 0. The minimum atomic E-state index is 0.115. The van der Waals surface area contributed by atoms with Gasteiger partial charge in [-0.25, -0.2) is 0 Å². The van der Waals surface area contributed by atoms with E-state index in [0.29, 0.717) is 25.5 Å². The van der Waals surface area contributed by atoms with Crippen molar-refractivity contribution in [2.45, 2.75) is 26.2 Å². The van der Waals surface area contributed by atoms with Crippen LogP contribution in [0.2, 0.25) is 0 Å². The molecule has 0 bridgehead atoms. The van der Waals surface area contributed by atoms with Crippen molar-refractivity contribution in [1.82, 2.24) is 5.32 Å². The topological polar surface area (TPSA) is 38.3 Å². The van der Waals surface area contributed by atoms with E-state index in [1.165, 1.54) is 16.7 Å². The van der Waals surface area contributed by atoms with Crippen LogP contribution in [0.5, 0.6) is 5.75 Å². The maximum atomic E-state index is 12.0. The van der Waals surface area contributed by atoms with Crippen LogP contribution in [-0.4, -0.2) is 19.1 Å². The summed E-state index contributed by atoms with van der Waals surface area (Å²) in [7, 11) is 0. The molecule has 0 radical (unpaired) electrons. The number of nitrogens with one attached hydrogen (secondary N) is 1. The van der Waals surface area contributed by atoms with Gasteiger partial charge in [-0.1, -0.05) is 48.0 Å². The lowest BCUT2D eigenvalue weighted by Gasteiger charge is -2.25. The standard InChI is InChI=1S/C20H23NO2/c1-15-6-8-16(9-7-15)10-11-20(22)21-13-17-12-18-4-2-3-5-19(18)23-14-17/h2-9,17H,10-14H2,1H3,(H,21,22). The molecule has 0 spiro atoms. The van der Waals surface area contributed by atoms with Crippen molar-refractivity contribution in [3.8, 4) is 5.75 Å². The van der Waals surface area contributed by atoms with Gasteiger partial charge in [0.05, 0.1) is 6.61 Å². The van der Waals surface area contributed by atoms with Crippen LogP contribution in [0.4, 0.5) is 0 Å². The number of ether oxygens (including phenoxy) is 1. The predicted octanol–water partition coefficient (Wildman–Crippen LogP) is 3.30. The molecule has 23 heavy (non-hydrogen) atoms. The quantitative estimate of drug-likeness (QED) is 0.920. The molecule has 1 N–H and O–H groups in total. The normalized spacial score (nSPS) is 16.3. The van der Waals surface area contributed by atoms with Crippen LogP contribution in [0, 0.1) is 12.8 Å². The molecule has 2 aromatic carbocycles. The zero-order chi connectivity index (χ0) is 16.1. The molecule has 120 valence electrons. The smallest absolute Gasteiger partial charge is 0.220 e. The highest BCUT2D eigenvalue weighted by Crippen LogP contribution is 2.26. The second kappa shape index (κ2) is 7.32. The van der Waals surface area contributed by atoms with Gasteiger partial charge >= 0.3 is 0 Å². The lowest BCUT2D eigenvalue weighted by atomic mass is 9.96. The van der Waals surface area contributed by atoms with Gasteiger partial charge in [-0.05, 0) is 37.0 Å². The molecule has 3 heteroatoms. The van der Waals surface area contributed by atoms with E-state index in [1.54, 1.807) is 0 Å². The van der Waals surface area contributed by atoms with Gasteiger partial charge in [0.1, 0.15) is 5.75 Å². The van der Waals surface area contributed by atoms with E-state index in [1.807, 2.05) is 18.2 Å². The van der Waals surface area contributed by atoms with E-state index in [9.17, 15) is 4.79 Å². The van der Waals surface area contributed by atoms with Crippen molar-refractivity contribution in [1.29, 1.82) is 0 Å². The SMILES string of the molecule is Cc1ccc(CCC(=O)NCC2COc3ccccc3C2)cc1. The molecule has 1 unspecified atom stereocenters. The first-order chi connectivity index (χ1) is 11.2. The van der Waals surface area contributed by atoms with Crippen molar-refractivity contribution in [2.24, 2.45) is 5.92 Å². The molecule has 3 rings (SSSR count). The molecule has 0 aliphatic carbocycles. The summed E-state index contributed by atoms with van der Waals surface area (Å²) in [6.07, 6.45) is 2.29. The third-order valence-electron chi connectivity index (χ3n) is 4.30. The highest BCUT2D eigenvalue weighted by atomic mass is 16.5. The van der Waals surface area contributed by atoms with Gasteiger partial charge in [0, 0.05) is 18.9 Å². The van der Waals surface area contributed by atoms with Crippen molar-refractivity contribution in [3.05, 3.63) is 65.2 Å². The monoisotopic (exact) mass is 309 g/mol. The molecule has 0 aromatic heterocycles. The van der Waals surface area contributed by atoms with Crippen LogP contribution >= 0.6 is 0 Å². The Morgan fingerprint density at radius 1 is 1.17 bits per heavy atom. The van der Waals surface area contributed by atoms with Crippen molar-refractivity contribution >= 4 is 5.91 Å². The third kappa shape index (κ3) is 4.35. The zero-order valence-electron chi connectivity index (χ0n) is 13.5. The van der Waals surface area contributed by atoms with Crippen LogP contribution in [0.3, 0.4) is 0 Å². The highest BCUT2D eigenvalue weighted by molar-refractivity contribution is 5.76. The largest absolute Gasteiger partial charge is 0.493 e. The molecule has 1 aliphatic rings. The summed E-state index contributed by atoms with van der Waals surface area (Å²) in [6.45, 7) is 3.43. The van der Waals surface area contributed by atoms with Gasteiger partial charge in [0.2, 0.25) is 5.91 Å². The Balaban J connectivity index is 1.42. The van der Waals surface area contributed by atoms with Crippen LogP contribution in [0.25, 0.3) is 0 Å². The van der Waals surface area contributed by atoms with E-state index in [-0.39, 0.29) is 5.91 Å². The number of carbonyl (C=O) groups excluding carboxylic acids is 1. The number of hydrogen-bond donors (Lipinski definition) is 1. The average molecular weight is 309 g/mol. The van der Waals surface area contributed by atoms with Gasteiger partial charge in [-0.15, -0.1) is 0 Å². The fourth-order valence-corrected chi connectivity index (χ4v) is 2.88. The highest BCUT2D eigenvalue weighted by Gasteiger charge is 2.19. The molecule has 1 aliphatic heterocycles. The number of fused-ring (bicyclic) bond motifs is 1. The summed E-state index contributed by atoms with van der Waals surface area (Å²) in [5.74, 6) is 1.45. The lowest BCUT2D eigenvalue weighted by Crippen LogP contribution is -2.34. The number of para-hydroxylation sites is 1. The van der Waals surface area contributed by atoms with E-state index >= 15 is 0 Å². The number of benzene rings is 2. The van der Waals surface area contributed by atoms with Crippen LogP contribution in [0.15, 0.2) is 48.5 Å². The summed E-state index contributed by atoms with van der Waals surface area (Å²) in [6, 6.07) is 16.5. The van der Waals surface area contributed by atoms with Gasteiger partial charge < -0.3 is 10.1 Å². The van der Waals surface area contributed by atoms with Crippen molar-refractivity contribution < 1.29 is 9.53 Å². The molecule has 1 amide bonds. The first-order valence-corrected chi connectivity index (χ1v) is 8.23. The van der Waals surface area contributed by atoms with E-state index in [2.05, 4.69) is 42.6 Å². The fourth-order valence-electron chi connectivity index (χ4n) is 2.88. The summed E-state index contributed by atoms with van der Waals surface area (Å²) in [5.41, 5.74) is 3.69. The Hall–Kier alpha value is -2.29. The fraction of sp³-hybridized carbons (Fsp3) is 0.350. The van der Waals surface area contributed by atoms with E-state index in [4.69, 9.17) is 4.74 Å². The van der Waals surface area contributed by atoms with Crippen LogP contribution in [-0.2, 0) is 17.6 Å². The van der Waals surface area contributed by atoms with Gasteiger partial charge in [0.25, 0.3) is 0 Å². The zero-order valence-corrected chi connectivity index (χ0v) is 13.5. The molecule has 0 fully saturated rings. The van der Waals surface area contributed by atoms with Crippen LogP contribution < -0.4 is 10.1 Å². The molecule has 0 saturated heterocycles. The predicted molar refractivity (Wildman–Crippen MR) is 91.6 cm³/mol. The molecule has 1 heterocycles. The number of rotatable bonds is 5. The molecule has 1 atom stereocenters. The van der Waals surface area contributed by atoms with E-state index < -0.39 is 0 Å². The Kier molecular flexibility index (Phi) is 4.96. The Morgan fingerprint density at radius 2 is 1.96 bits per heavy atom. The Morgan fingerprint density at radius 3 is 2.78 bits per heavy atom. The van der Waals surface area contributed by atoms with Crippen molar-refractivity contribution in [2.75, 3.05) is 13.2 Å². The summed E-state index contributed by atoms with van der Waals surface area (Å²) in [5, 5.41) is 3.05. The second-order valence-corrected chi connectivity index (χ2v) is 6.28. The van der Waals surface area contributed by atoms with Gasteiger partial charge in [-0.3, -0.25) is 4.79 Å². The van der Waals surface area contributed by atoms with E-state index in [0.717, 1.165) is 18.6 Å². The lowest BCUT2D eigenvalue weighted by molar-refractivity contribution is -0.121. The molecular weight excluding hydrogens is 286 g/mol. The Bertz CT molecular complexity index is 664. The third-order valence-corrected chi connectivity index (χ3v) is 4.30. The maximum absolute atomic E-state index is 12.0. The van der Waals surface area contributed by atoms with Crippen LogP contribution in [0.1, 0.15) is 23.1 Å². The first-order valence-electron chi connectivity index (χ1n) is 8.23. The molecule has 3 nitrogen and oxygen atoms in total. The van der Waals surface area contributed by atoms with Gasteiger partial charge in [0.15, 0.2) is 0 Å². The summed E-state index contributed by atoms with van der Waals surface area (Å²) < 4.78 is 5.76. The minimum Gasteiger partial charge on any atom is -0.493 e. The number of amides is 1. The summed E-state index contributed by atoms with van der Waals surface area (Å²) in [4.78, 5) is 12.0.